The molecule has 2 fully saturated rings. The number of anilines is 2. The van der Waals surface area contributed by atoms with Gasteiger partial charge in [-0.3, -0.25) is 9.89 Å². The lowest BCUT2D eigenvalue weighted by Crippen LogP contribution is -2.35. The normalized spacial score (nSPS) is 21.3. The smallest absolute Gasteiger partial charge is 0.490 e. The van der Waals surface area contributed by atoms with Crippen LogP contribution in [0.2, 0.25) is 0 Å². The minimum absolute atomic E-state index is 0.0736. The van der Waals surface area contributed by atoms with Crippen molar-refractivity contribution in [3.05, 3.63) is 71.8 Å². The molecule has 9 nitrogen and oxygen atoms in total. The molecule has 3 aromatic carbocycles. The lowest BCUT2D eigenvalue weighted by atomic mass is 9.91. The third-order valence-electron chi connectivity index (χ3n) is 8.52. The maximum atomic E-state index is 13.0. The van der Waals surface area contributed by atoms with E-state index in [9.17, 15) is 23.1 Å². The number of nitrogens with zero attached hydrogens (tertiary/aromatic N) is 2. The predicted octanol–water partition coefficient (Wildman–Crippen LogP) is 5.21. The molecule has 3 aliphatic rings. The molecule has 43 heavy (non-hydrogen) atoms. The summed E-state index contributed by atoms with van der Waals surface area (Å²) in [6, 6.07) is 20.7. The van der Waals surface area contributed by atoms with Gasteiger partial charge >= 0.3 is 12.1 Å². The van der Waals surface area contributed by atoms with Gasteiger partial charge in [0.05, 0.1) is 29.8 Å². The third-order valence-corrected chi connectivity index (χ3v) is 8.52. The number of hydrogen-bond acceptors (Lipinski definition) is 6. The molecule has 224 valence electrons. The number of aromatic amines is 1. The molecule has 3 heterocycles. The van der Waals surface area contributed by atoms with Gasteiger partial charge in [-0.25, -0.2) is 4.79 Å². The molecular formula is C31H29F3N4O5. The number of halogens is 3. The minimum Gasteiger partial charge on any atom is -0.497 e. The van der Waals surface area contributed by atoms with Crippen molar-refractivity contribution in [2.45, 2.75) is 42.9 Å². The number of aliphatic carboxylic acids is 1. The number of carboxylic acids is 1. The Morgan fingerprint density at radius 2 is 1.77 bits per heavy atom. The number of piperidine rings is 1. The maximum absolute atomic E-state index is 13.0. The van der Waals surface area contributed by atoms with Gasteiger partial charge in [0, 0.05) is 41.3 Å². The Labute approximate surface area is 244 Å². The molecule has 1 spiro atoms. The second kappa shape index (κ2) is 10.6. The van der Waals surface area contributed by atoms with Gasteiger partial charge in [0.1, 0.15) is 5.75 Å². The van der Waals surface area contributed by atoms with Gasteiger partial charge in [-0.1, -0.05) is 24.3 Å². The zero-order chi connectivity index (χ0) is 30.5. The van der Waals surface area contributed by atoms with E-state index in [0.29, 0.717) is 0 Å². The Hall–Kier alpha value is -4.58. The number of aromatic nitrogens is 2. The summed E-state index contributed by atoms with van der Waals surface area (Å²) in [5, 5.41) is 28.9. The molecule has 4 N–H and O–H groups in total. The summed E-state index contributed by atoms with van der Waals surface area (Å²) in [7, 11) is 1.65. The number of H-pyrrole nitrogens is 1. The van der Waals surface area contributed by atoms with E-state index in [0.717, 1.165) is 77.1 Å². The Kier molecular flexibility index (Phi) is 7.04. The number of ether oxygens (including phenoxy) is 1. The highest BCUT2D eigenvalue weighted by Gasteiger charge is 2.65. The molecule has 2 atom stereocenters. The number of aliphatic hydroxyl groups excluding tert-OH is 1. The van der Waals surface area contributed by atoms with E-state index in [4.69, 9.17) is 14.6 Å². The Bertz CT molecular complexity index is 1700. The van der Waals surface area contributed by atoms with Gasteiger partial charge in [-0.15, -0.1) is 0 Å². The van der Waals surface area contributed by atoms with Crippen LogP contribution in [0.5, 0.6) is 5.75 Å². The van der Waals surface area contributed by atoms with Crippen molar-refractivity contribution < 1.29 is 37.7 Å². The minimum atomic E-state index is -5.08. The van der Waals surface area contributed by atoms with Gasteiger partial charge in [-0.2, -0.15) is 18.3 Å². The van der Waals surface area contributed by atoms with E-state index >= 15 is 0 Å². The van der Waals surface area contributed by atoms with Crippen molar-refractivity contribution in [1.29, 1.82) is 0 Å². The molecular weight excluding hydrogens is 565 g/mol. The van der Waals surface area contributed by atoms with Crippen LogP contribution in [0.3, 0.4) is 0 Å². The fraction of sp³-hybridized carbons (Fsp3) is 0.323. The van der Waals surface area contributed by atoms with E-state index in [1.54, 1.807) is 7.11 Å². The van der Waals surface area contributed by atoms with Crippen LogP contribution in [-0.2, 0) is 15.0 Å². The van der Waals surface area contributed by atoms with E-state index < -0.39 is 17.6 Å². The van der Waals surface area contributed by atoms with Crippen LogP contribution in [0.4, 0.5) is 24.5 Å². The lowest BCUT2D eigenvalue weighted by molar-refractivity contribution is -0.192. The summed E-state index contributed by atoms with van der Waals surface area (Å²) in [6.45, 7) is 1.76. The molecule has 1 aromatic heterocycles. The molecule has 2 aliphatic heterocycles. The number of carboxylic acid groups (broad SMARTS) is 1. The number of hydrogen-bond donors (Lipinski definition) is 4. The lowest BCUT2D eigenvalue weighted by Gasteiger charge is -2.31. The van der Waals surface area contributed by atoms with Gasteiger partial charge < -0.3 is 25.2 Å². The van der Waals surface area contributed by atoms with E-state index in [1.807, 2.05) is 18.2 Å². The molecule has 2 unspecified atom stereocenters. The molecule has 0 bridgehead atoms. The highest BCUT2D eigenvalue weighted by atomic mass is 19.4. The molecule has 1 amide bonds. The van der Waals surface area contributed by atoms with Crippen LogP contribution in [0, 0.1) is 0 Å². The first-order valence-electron chi connectivity index (χ1n) is 13.8. The van der Waals surface area contributed by atoms with Crippen LogP contribution >= 0.6 is 0 Å². The zero-order valence-electron chi connectivity index (χ0n) is 23.1. The Balaban J connectivity index is 0.000000423. The first-order valence-corrected chi connectivity index (χ1v) is 13.8. The standard InChI is InChI=1S/C29H28N4O3.C2HF3O2/c1-36-21-7-9-25-23(15-21)29(28(35)30-25)16-24(29)18-4-8-22-26(14-18)31-32-27(22)17-2-5-19(6-3-17)33-12-10-20(34)11-13-33;3-2(4,5)1(6)7/h2-9,14-15,20,24,34H,10-13,16H2,1H3,(H,30,35)(H,31,32);(H,6,7). The number of nitrogens with one attached hydrogen (secondary N) is 2. The van der Waals surface area contributed by atoms with Crippen LogP contribution in [0.25, 0.3) is 22.2 Å². The number of carbonyl (C=O) groups is 2. The van der Waals surface area contributed by atoms with Crippen molar-refractivity contribution in [3.63, 3.8) is 0 Å². The van der Waals surface area contributed by atoms with Crippen LogP contribution in [0.15, 0.2) is 60.7 Å². The summed E-state index contributed by atoms with van der Waals surface area (Å²) < 4.78 is 37.2. The number of amides is 1. The average Bonchev–Trinajstić information content (AvgIpc) is 3.52. The number of alkyl halides is 3. The first kappa shape index (κ1) is 28.5. The van der Waals surface area contributed by atoms with Crippen molar-refractivity contribution in [1.82, 2.24) is 10.2 Å². The Morgan fingerprint density at radius 1 is 1.07 bits per heavy atom. The summed E-state index contributed by atoms with van der Waals surface area (Å²) in [6.07, 6.45) is -2.83. The van der Waals surface area contributed by atoms with Crippen molar-refractivity contribution in [2.24, 2.45) is 0 Å². The van der Waals surface area contributed by atoms with Crippen LogP contribution < -0.4 is 15.0 Å². The van der Waals surface area contributed by atoms with E-state index in [2.05, 4.69) is 62.9 Å². The maximum Gasteiger partial charge on any atom is 0.490 e. The number of rotatable bonds is 4. The SMILES string of the molecule is COc1ccc2c(c1)C1(CC1c1ccc3c(-c4ccc(N5CCC(O)CC5)cc4)n[nH]c3c1)C(=O)N2.O=C(O)C(F)(F)F. The van der Waals surface area contributed by atoms with Gasteiger partial charge in [-0.05, 0) is 66.8 Å². The topological polar surface area (TPSA) is 128 Å². The molecule has 1 saturated heterocycles. The van der Waals surface area contributed by atoms with Crippen molar-refractivity contribution in [2.75, 3.05) is 30.4 Å². The second-order valence-electron chi connectivity index (χ2n) is 11.0. The fourth-order valence-corrected chi connectivity index (χ4v) is 6.13. The molecule has 4 aromatic rings. The third kappa shape index (κ3) is 5.16. The molecule has 7 rings (SSSR count). The molecule has 0 radical (unpaired) electrons. The number of fused-ring (bicyclic) bond motifs is 3. The zero-order valence-corrected chi connectivity index (χ0v) is 23.1. The fourth-order valence-electron chi connectivity index (χ4n) is 6.13. The quantitative estimate of drug-likeness (QED) is 0.255. The number of methoxy groups -OCH3 is 1. The van der Waals surface area contributed by atoms with Gasteiger partial charge in [0.2, 0.25) is 5.91 Å². The highest BCUT2D eigenvalue weighted by molar-refractivity contribution is 6.10. The monoisotopic (exact) mass is 594 g/mol. The molecule has 1 saturated carbocycles. The Morgan fingerprint density at radius 3 is 2.42 bits per heavy atom. The van der Waals surface area contributed by atoms with Crippen molar-refractivity contribution in [3.8, 4) is 17.0 Å². The molecule has 12 heteroatoms. The summed E-state index contributed by atoms with van der Waals surface area (Å²) in [4.78, 5) is 24.2. The van der Waals surface area contributed by atoms with E-state index in [1.165, 1.54) is 5.69 Å². The summed E-state index contributed by atoms with van der Waals surface area (Å²) >= 11 is 0. The number of carbonyl (C=O) groups excluding carboxylic acids is 1. The summed E-state index contributed by atoms with van der Waals surface area (Å²) in [5.74, 6) is -1.78. The predicted molar refractivity (Wildman–Crippen MR) is 153 cm³/mol. The second-order valence-corrected chi connectivity index (χ2v) is 11.0. The summed E-state index contributed by atoms with van der Waals surface area (Å²) in [5.41, 5.74) is 6.70. The number of benzene rings is 3. The number of aliphatic hydroxyl groups is 1. The first-order chi connectivity index (χ1) is 20.5. The van der Waals surface area contributed by atoms with Crippen LogP contribution in [0.1, 0.15) is 36.3 Å². The highest BCUT2D eigenvalue weighted by Crippen LogP contribution is 2.65. The van der Waals surface area contributed by atoms with Gasteiger partial charge in [0.15, 0.2) is 0 Å². The van der Waals surface area contributed by atoms with Crippen molar-refractivity contribution >= 4 is 34.2 Å². The molecule has 1 aliphatic carbocycles. The van der Waals surface area contributed by atoms with Gasteiger partial charge in [0.25, 0.3) is 0 Å². The van der Waals surface area contributed by atoms with Crippen LogP contribution in [-0.4, -0.2) is 64.8 Å². The largest absolute Gasteiger partial charge is 0.497 e. The van der Waals surface area contributed by atoms with E-state index in [-0.39, 0.29) is 17.9 Å². The average molecular weight is 595 g/mol.